The number of nitrogens with one attached hydrogen (secondary N) is 1. The van der Waals surface area contributed by atoms with Gasteiger partial charge in [-0.3, -0.25) is 5.41 Å². The molecule has 0 aliphatic carbocycles. The van der Waals surface area contributed by atoms with Gasteiger partial charge in [0.25, 0.3) is 0 Å². The van der Waals surface area contributed by atoms with Crippen molar-refractivity contribution in [3.8, 4) is 6.07 Å². The second kappa shape index (κ2) is 2.80. The van der Waals surface area contributed by atoms with Gasteiger partial charge in [-0.25, -0.2) is 0 Å². The Morgan fingerprint density at radius 3 is 2.50 bits per heavy atom. The van der Waals surface area contributed by atoms with Crippen LogP contribution in [-0.4, -0.2) is 5.84 Å². The Morgan fingerprint density at radius 1 is 1.88 bits per heavy atom. The minimum absolute atomic E-state index is 0.0171. The maximum atomic E-state index is 8.08. The van der Waals surface area contributed by atoms with Gasteiger partial charge in [-0.05, 0) is 0 Å². The maximum absolute atomic E-state index is 8.08. The summed E-state index contributed by atoms with van der Waals surface area (Å²) < 4.78 is 0. The van der Waals surface area contributed by atoms with Crippen LogP contribution in [0.25, 0.3) is 0 Å². The molecule has 0 heterocycles. The van der Waals surface area contributed by atoms with Gasteiger partial charge >= 0.3 is 0 Å². The number of nitriles is 1. The predicted molar refractivity (Wildman–Crippen MR) is 31.3 cm³/mol. The third-order valence-electron chi connectivity index (χ3n) is 0.562. The third kappa shape index (κ3) is 2.91. The molecule has 0 amide bonds. The molecule has 0 saturated heterocycles. The van der Waals surface area contributed by atoms with Gasteiger partial charge in [-0.15, -0.1) is 0 Å². The molecular formula is C5H7N3. The maximum Gasteiger partial charge on any atom is 0.0957 e. The topological polar surface area (TPSA) is 73.7 Å². The quantitative estimate of drug-likeness (QED) is 0.306. The van der Waals surface area contributed by atoms with E-state index in [1.165, 1.54) is 0 Å². The van der Waals surface area contributed by atoms with E-state index in [1.54, 1.807) is 6.07 Å². The molecule has 8 heavy (non-hydrogen) atoms. The Bertz CT molecular complexity index is 152. The van der Waals surface area contributed by atoms with Crippen LogP contribution >= 0.6 is 0 Å². The molecule has 0 atom stereocenters. The molecule has 0 aliphatic heterocycles. The number of rotatable bonds is 2. The Balaban J connectivity index is 3.61. The summed E-state index contributed by atoms with van der Waals surface area (Å²) in [6, 6.07) is 1.78. The van der Waals surface area contributed by atoms with Crippen LogP contribution in [0.3, 0.4) is 0 Å². The molecule has 0 aromatic heterocycles. The van der Waals surface area contributed by atoms with Crippen molar-refractivity contribution in [2.45, 2.75) is 6.42 Å². The van der Waals surface area contributed by atoms with Gasteiger partial charge in [-0.2, -0.15) is 5.26 Å². The monoisotopic (exact) mass is 109 g/mol. The molecule has 0 saturated carbocycles. The average Bonchev–Trinajstić information content (AvgIpc) is 1.65. The fraction of sp³-hybridized carbons (Fsp3) is 0.200. The first-order valence-corrected chi connectivity index (χ1v) is 2.07. The van der Waals surface area contributed by atoms with E-state index in [-0.39, 0.29) is 12.3 Å². The van der Waals surface area contributed by atoms with Crippen molar-refractivity contribution >= 4 is 5.84 Å². The van der Waals surface area contributed by atoms with Crippen LogP contribution in [0.1, 0.15) is 6.42 Å². The van der Waals surface area contributed by atoms with Crippen molar-refractivity contribution in [1.82, 2.24) is 0 Å². The lowest BCUT2D eigenvalue weighted by molar-refractivity contribution is 1.26. The van der Waals surface area contributed by atoms with Gasteiger partial charge in [0.1, 0.15) is 0 Å². The number of amidine groups is 1. The molecule has 0 fully saturated rings. The highest BCUT2D eigenvalue weighted by atomic mass is 14.7. The molecule has 3 nitrogen and oxygen atoms in total. The summed E-state index contributed by atoms with van der Waals surface area (Å²) in [6.45, 7) is 3.33. The zero-order valence-corrected chi connectivity index (χ0v) is 4.44. The first kappa shape index (κ1) is 6.70. The third-order valence-corrected chi connectivity index (χ3v) is 0.562. The number of nitrogens with zero attached hydrogens (tertiary/aromatic N) is 1. The Kier molecular flexibility index (Phi) is 2.35. The smallest absolute Gasteiger partial charge is 0.0957 e. The zero-order valence-electron chi connectivity index (χ0n) is 4.44. The molecule has 0 spiro atoms. The van der Waals surface area contributed by atoms with E-state index in [9.17, 15) is 0 Å². The van der Waals surface area contributed by atoms with Crippen LogP contribution in [0.15, 0.2) is 12.2 Å². The van der Waals surface area contributed by atoms with Crippen LogP contribution in [0.4, 0.5) is 0 Å². The summed E-state index contributed by atoms with van der Waals surface area (Å²) in [6.07, 6.45) is 0.191. The van der Waals surface area contributed by atoms with E-state index in [2.05, 4.69) is 6.58 Å². The van der Waals surface area contributed by atoms with Gasteiger partial charge in [0.05, 0.1) is 11.9 Å². The fourth-order valence-electron chi connectivity index (χ4n) is 0.269. The lowest BCUT2D eigenvalue weighted by Gasteiger charge is -1.89. The van der Waals surface area contributed by atoms with Crippen molar-refractivity contribution in [2.24, 2.45) is 5.73 Å². The van der Waals surface area contributed by atoms with E-state index in [1.807, 2.05) is 0 Å². The van der Waals surface area contributed by atoms with Gasteiger partial charge < -0.3 is 5.73 Å². The summed E-state index contributed by atoms with van der Waals surface area (Å²) in [5.41, 5.74) is 5.27. The Morgan fingerprint density at radius 2 is 2.38 bits per heavy atom. The van der Waals surface area contributed by atoms with Crippen LogP contribution in [0.5, 0.6) is 0 Å². The molecule has 0 aliphatic rings. The highest BCUT2D eigenvalue weighted by molar-refractivity contribution is 5.80. The molecule has 0 bridgehead atoms. The number of hydrogen-bond acceptors (Lipinski definition) is 2. The molecule has 3 N–H and O–H groups in total. The second-order valence-corrected chi connectivity index (χ2v) is 1.42. The molecule has 42 valence electrons. The first-order valence-electron chi connectivity index (χ1n) is 2.07. The van der Waals surface area contributed by atoms with Crippen molar-refractivity contribution in [3.63, 3.8) is 0 Å². The fourth-order valence-corrected chi connectivity index (χ4v) is 0.269. The molecule has 0 aromatic rings. The molecule has 0 unspecified atom stereocenters. The van der Waals surface area contributed by atoms with E-state index < -0.39 is 0 Å². The van der Waals surface area contributed by atoms with Crippen molar-refractivity contribution in [3.05, 3.63) is 12.2 Å². The van der Waals surface area contributed by atoms with Crippen LogP contribution in [0.2, 0.25) is 0 Å². The van der Waals surface area contributed by atoms with E-state index >= 15 is 0 Å². The van der Waals surface area contributed by atoms with Crippen LogP contribution in [0, 0.1) is 16.7 Å². The highest BCUT2D eigenvalue weighted by Crippen LogP contribution is 1.91. The minimum atomic E-state index is -0.0171. The minimum Gasteiger partial charge on any atom is -0.387 e. The summed E-state index contributed by atoms with van der Waals surface area (Å²) in [7, 11) is 0. The van der Waals surface area contributed by atoms with Crippen LogP contribution < -0.4 is 5.73 Å². The van der Waals surface area contributed by atoms with E-state index in [4.69, 9.17) is 16.4 Å². The summed E-state index contributed by atoms with van der Waals surface area (Å²) in [4.78, 5) is 0. The molecule has 0 aromatic carbocycles. The van der Waals surface area contributed by atoms with Crippen LogP contribution in [-0.2, 0) is 0 Å². The Hall–Kier alpha value is -1.30. The largest absolute Gasteiger partial charge is 0.387 e. The molecule has 0 radical (unpaired) electrons. The summed E-state index contributed by atoms with van der Waals surface area (Å²) in [5, 5.41) is 14.8. The number of nitrogens with two attached hydrogens (primary N) is 1. The normalized spacial score (nSPS) is 7.38. The molecule has 3 heteroatoms. The van der Waals surface area contributed by atoms with Gasteiger partial charge in [-0.1, -0.05) is 6.58 Å². The zero-order chi connectivity index (χ0) is 6.57. The SMILES string of the molecule is C=C(C#N)CC(=N)N. The van der Waals surface area contributed by atoms with E-state index in [0.717, 1.165) is 0 Å². The van der Waals surface area contributed by atoms with E-state index in [0.29, 0.717) is 5.57 Å². The average molecular weight is 109 g/mol. The Labute approximate surface area is 47.9 Å². The second-order valence-electron chi connectivity index (χ2n) is 1.42. The first-order chi connectivity index (χ1) is 3.66. The van der Waals surface area contributed by atoms with Crippen molar-refractivity contribution in [1.29, 1.82) is 10.7 Å². The summed E-state index contributed by atoms with van der Waals surface area (Å²) >= 11 is 0. The molecular weight excluding hydrogens is 102 g/mol. The number of hydrogen-bond donors (Lipinski definition) is 2. The predicted octanol–water partition coefficient (Wildman–Crippen LogP) is 0.392. The molecule has 0 rings (SSSR count). The summed E-state index contributed by atoms with van der Waals surface area (Å²) in [5.74, 6) is -0.0171. The van der Waals surface area contributed by atoms with Gasteiger partial charge in [0.2, 0.25) is 0 Å². The highest BCUT2D eigenvalue weighted by Gasteiger charge is 1.91. The van der Waals surface area contributed by atoms with Crippen molar-refractivity contribution in [2.75, 3.05) is 0 Å². The van der Waals surface area contributed by atoms with Gasteiger partial charge in [0, 0.05) is 12.0 Å². The van der Waals surface area contributed by atoms with Gasteiger partial charge in [0.15, 0.2) is 0 Å². The van der Waals surface area contributed by atoms with Crippen molar-refractivity contribution < 1.29 is 0 Å². The lowest BCUT2D eigenvalue weighted by atomic mass is 10.2. The standard InChI is InChI=1S/C5H7N3/c1-4(3-6)2-5(7)8/h1-2H2,(H3,7,8). The lowest BCUT2D eigenvalue weighted by Crippen LogP contribution is -2.08.